The minimum Gasteiger partial charge on any atom is -0.347 e. The predicted molar refractivity (Wildman–Crippen MR) is 72.9 cm³/mol. The summed E-state index contributed by atoms with van der Waals surface area (Å²) in [5, 5.41) is 9.98. The molecule has 1 atom stereocenters. The third-order valence-electron chi connectivity index (χ3n) is 3.20. The average molecular weight is 297 g/mol. The Balaban J connectivity index is 2.00. The van der Waals surface area contributed by atoms with E-state index in [-0.39, 0.29) is 16.6 Å². The maximum atomic E-state index is 13.6. The quantitative estimate of drug-likeness (QED) is 0.758. The van der Waals surface area contributed by atoms with Gasteiger partial charge in [-0.2, -0.15) is 5.26 Å². The molecule has 0 radical (unpaired) electrons. The van der Waals surface area contributed by atoms with Crippen molar-refractivity contribution in [1.82, 2.24) is 9.97 Å². The number of fused-ring (bicyclic) bond motifs is 1. The third kappa shape index (κ3) is 2.24. The van der Waals surface area contributed by atoms with Crippen molar-refractivity contribution >= 4 is 38.3 Å². The Kier molecular flexibility index (Phi) is 3.25. The van der Waals surface area contributed by atoms with E-state index in [1.54, 1.807) is 0 Å². The van der Waals surface area contributed by atoms with Crippen LogP contribution in [0.5, 0.6) is 0 Å². The van der Waals surface area contributed by atoms with Crippen molar-refractivity contribution in [3.63, 3.8) is 0 Å². The highest BCUT2D eigenvalue weighted by Gasteiger charge is 2.23. The highest BCUT2D eigenvalue weighted by Crippen LogP contribution is 2.35. The van der Waals surface area contributed by atoms with E-state index >= 15 is 0 Å². The van der Waals surface area contributed by atoms with Crippen molar-refractivity contribution in [2.75, 3.05) is 18.0 Å². The highest BCUT2D eigenvalue weighted by atomic mass is 35.5. The number of thiazole rings is 1. The summed E-state index contributed by atoms with van der Waals surface area (Å²) < 4.78 is 14.2. The average Bonchev–Trinajstić information content (AvgIpc) is 2.89. The van der Waals surface area contributed by atoms with Gasteiger partial charge in [0.25, 0.3) is 0 Å². The molecule has 3 rings (SSSR count). The molecule has 1 saturated heterocycles. The monoisotopic (exact) mass is 296 g/mol. The van der Waals surface area contributed by atoms with E-state index in [1.807, 2.05) is 4.90 Å². The largest absolute Gasteiger partial charge is 0.347 e. The van der Waals surface area contributed by atoms with Crippen LogP contribution in [0.1, 0.15) is 12.8 Å². The van der Waals surface area contributed by atoms with Crippen molar-refractivity contribution in [2.45, 2.75) is 12.8 Å². The fraction of sp³-hybridized carbons (Fsp3) is 0.417. The van der Waals surface area contributed by atoms with Gasteiger partial charge in [-0.1, -0.05) is 22.9 Å². The molecule has 0 spiro atoms. The van der Waals surface area contributed by atoms with Crippen LogP contribution >= 0.6 is 22.9 Å². The van der Waals surface area contributed by atoms with E-state index < -0.39 is 5.82 Å². The Morgan fingerprint density at radius 3 is 3.16 bits per heavy atom. The first kappa shape index (κ1) is 12.6. The molecule has 2 aromatic heterocycles. The molecule has 2 aromatic rings. The highest BCUT2D eigenvalue weighted by molar-refractivity contribution is 7.22. The SMILES string of the molecule is N#C[C@H]1CCCN(c2nc3c(F)cnc(Cl)c3s2)C1. The maximum absolute atomic E-state index is 13.6. The summed E-state index contributed by atoms with van der Waals surface area (Å²) in [7, 11) is 0. The number of nitriles is 1. The van der Waals surface area contributed by atoms with Crippen molar-refractivity contribution < 1.29 is 4.39 Å². The smallest absolute Gasteiger partial charge is 0.186 e. The van der Waals surface area contributed by atoms with Crippen LogP contribution in [0.25, 0.3) is 10.2 Å². The molecule has 7 heteroatoms. The van der Waals surface area contributed by atoms with Gasteiger partial charge >= 0.3 is 0 Å². The van der Waals surface area contributed by atoms with E-state index in [9.17, 15) is 4.39 Å². The summed E-state index contributed by atoms with van der Waals surface area (Å²) in [6, 6.07) is 2.28. The van der Waals surface area contributed by atoms with Gasteiger partial charge in [0.15, 0.2) is 10.9 Å². The van der Waals surface area contributed by atoms with Gasteiger partial charge in [0.2, 0.25) is 0 Å². The van der Waals surface area contributed by atoms with Crippen LogP contribution in [0.2, 0.25) is 5.15 Å². The molecule has 0 aromatic carbocycles. The van der Waals surface area contributed by atoms with Gasteiger partial charge in [-0.15, -0.1) is 0 Å². The standard InChI is InChI=1S/C12H10ClFN4S/c13-11-10-9(8(14)5-16-11)17-12(19-10)18-3-1-2-7(4-15)6-18/h5,7H,1-3,6H2/t7-/m1/s1. The van der Waals surface area contributed by atoms with Crippen molar-refractivity contribution in [1.29, 1.82) is 5.26 Å². The van der Waals surface area contributed by atoms with Crippen LogP contribution in [-0.4, -0.2) is 23.1 Å². The molecule has 0 unspecified atom stereocenters. The van der Waals surface area contributed by atoms with E-state index in [0.717, 1.165) is 25.6 Å². The van der Waals surface area contributed by atoms with Gasteiger partial charge in [-0.3, -0.25) is 0 Å². The molecule has 0 bridgehead atoms. The van der Waals surface area contributed by atoms with E-state index in [0.29, 0.717) is 16.4 Å². The summed E-state index contributed by atoms with van der Waals surface area (Å²) in [5.41, 5.74) is 0.263. The van der Waals surface area contributed by atoms with Gasteiger partial charge in [0.05, 0.1) is 22.9 Å². The normalized spacial score (nSPS) is 19.6. The Morgan fingerprint density at radius 2 is 2.42 bits per heavy atom. The van der Waals surface area contributed by atoms with Gasteiger partial charge in [0, 0.05) is 13.1 Å². The lowest BCUT2D eigenvalue weighted by molar-refractivity contribution is 0.493. The second-order valence-electron chi connectivity index (χ2n) is 4.49. The van der Waals surface area contributed by atoms with Crippen LogP contribution in [0.4, 0.5) is 9.52 Å². The zero-order chi connectivity index (χ0) is 13.4. The number of pyridine rings is 1. The van der Waals surface area contributed by atoms with Crippen LogP contribution in [0.3, 0.4) is 0 Å². The lowest BCUT2D eigenvalue weighted by atomic mass is 10.0. The minimum atomic E-state index is -0.462. The Labute approximate surface area is 118 Å². The molecule has 0 saturated carbocycles. The second kappa shape index (κ2) is 4.91. The van der Waals surface area contributed by atoms with Gasteiger partial charge in [0.1, 0.15) is 10.7 Å². The molecular weight excluding hydrogens is 287 g/mol. The number of halogens is 2. The molecule has 98 valence electrons. The summed E-state index contributed by atoms with van der Waals surface area (Å²) >= 11 is 7.29. The molecule has 19 heavy (non-hydrogen) atoms. The summed E-state index contributed by atoms with van der Waals surface area (Å²) in [5.74, 6) is -0.449. The van der Waals surface area contributed by atoms with Crippen LogP contribution in [0, 0.1) is 23.1 Å². The van der Waals surface area contributed by atoms with Crippen molar-refractivity contribution in [3.05, 3.63) is 17.2 Å². The van der Waals surface area contributed by atoms with Gasteiger partial charge in [-0.25, -0.2) is 14.4 Å². The van der Waals surface area contributed by atoms with Crippen molar-refractivity contribution in [2.24, 2.45) is 5.92 Å². The Morgan fingerprint density at radius 1 is 1.58 bits per heavy atom. The van der Waals surface area contributed by atoms with Crippen LogP contribution < -0.4 is 4.90 Å². The third-order valence-corrected chi connectivity index (χ3v) is 4.72. The van der Waals surface area contributed by atoms with E-state index in [2.05, 4.69) is 16.0 Å². The lowest BCUT2D eigenvalue weighted by Gasteiger charge is -2.28. The molecule has 1 fully saturated rings. The van der Waals surface area contributed by atoms with Gasteiger partial charge < -0.3 is 4.90 Å². The van der Waals surface area contributed by atoms with Crippen LogP contribution in [0.15, 0.2) is 6.20 Å². The number of rotatable bonds is 1. The van der Waals surface area contributed by atoms with Crippen molar-refractivity contribution in [3.8, 4) is 6.07 Å². The number of hydrogen-bond acceptors (Lipinski definition) is 5. The molecule has 4 nitrogen and oxygen atoms in total. The second-order valence-corrected chi connectivity index (χ2v) is 5.82. The number of hydrogen-bond donors (Lipinski definition) is 0. The first-order valence-corrected chi connectivity index (χ1v) is 7.13. The molecule has 1 aliphatic rings. The first-order chi connectivity index (χ1) is 9.19. The van der Waals surface area contributed by atoms with E-state index in [1.165, 1.54) is 11.3 Å². The number of nitrogens with zero attached hydrogens (tertiary/aromatic N) is 4. The fourth-order valence-electron chi connectivity index (χ4n) is 2.24. The number of anilines is 1. The van der Waals surface area contributed by atoms with E-state index in [4.69, 9.17) is 16.9 Å². The summed E-state index contributed by atoms with van der Waals surface area (Å²) in [6.07, 6.45) is 2.94. The topological polar surface area (TPSA) is 52.8 Å². The number of aromatic nitrogens is 2. The molecule has 0 N–H and O–H groups in total. The minimum absolute atomic E-state index is 0.0132. The molecular formula is C12H10ClFN4S. The van der Waals surface area contributed by atoms with Crippen LogP contribution in [-0.2, 0) is 0 Å². The molecule has 0 aliphatic carbocycles. The Bertz CT molecular complexity index is 627. The summed E-state index contributed by atoms with van der Waals surface area (Å²) in [6.45, 7) is 1.48. The zero-order valence-electron chi connectivity index (χ0n) is 9.94. The molecule has 0 amide bonds. The fourth-order valence-corrected chi connectivity index (χ4v) is 3.48. The van der Waals surface area contributed by atoms with Gasteiger partial charge in [-0.05, 0) is 12.8 Å². The lowest BCUT2D eigenvalue weighted by Crippen LogP contribution is -2.34. The predicted octanol–water partition coefficient (Wildman–Crippen LogP) is 3.22. The first-order valence-electron chi connectivity index (χ1n) is 5.94. The molecule has 1 aliphatic heterocycles. The maximum Gasteiger partial charge on any atom is 0.186 e. The number of piperidine rings is 1. The summed E-state index contributed by atoms with van der Waals surface area (Å²) in [4.78, 5) is 10.1. The zero-order valence-corrected chi connectivity index (χ0v) is 11.5. The Hall–Kier alpha value is -1.45. The molecule has 3 heterocycles.